The molecule has 3 atom stereocenters. The van der Waals surface area contributed by atoms with Gasteiger partial charge in [0, 0.05) is 29.7 Å². The Bertz CT molecular complexity index is 1230. The Morgan fingerprint density at radius 2 is 2.08 bits per heavy atom. The molecule has 3 aromatic rings. The highest BCUT2D eigenvalue weighted by Crippen LogP contribution is 2.28. The summed E-state index contributed by atoms with van der Waals surface area (Å²) >= 11 is 0. The van der Waals surface area contributed by atoms with Crippen LogP contribution in [0.3, 0.4) is 0 Å². The molecule has 0 spiro atoms. The molecule has 1 amide bonds. The number of aromatic nitrogens is 1. The van der Waals surface area contributed by atoms with Crippen LogP contribution >= 0.6 is 0 Å². The first-order valence-corrected chi connectivity index (χ1v) is 12.1. The number of hydrogen-bond donors (Lipinski definition) is 2. The van der Waals surface area contributed by atoms with Crippen LogP contribution in [-0.4, -0.2) is 42.8 Å². The number of carbonyl (C=O) groups excluding carboxylic acids is 1. The second-order valence-electron chi connectivity index (χ2n) is 9.02. The first-order chi connectivity index (χ1) is 17.4. The number of benzene rings is 2. The molecule has 2 aromatic carbocycles. The smallest absolute Gasteiger partial charge is 0.220 e. The molecule has 2 heterocycles. The van der Waals surface area contributed by atoms with Crippen molar-refractivity contribution in [2.75, 3.05) is 13.7 Å². The SMILES string of the molecule is COc1ccc2nccc(CC[C@@H]3CC[C@@H](NC/C=C/c4cc(F)ccc4F)[C@@H](CC(N)=O)O3)c2c1. The van der Waals surface area contributed by atoms with Gasteiger partial charge in [-0.2, -0.15) is 0 Å². The zero-order valence-corrected chi connectivity index (χ0v) is 20.3. The molecule has 3 N–H and O–H groups in total. The minimum absolute atomic E-state index is 0.00171. The summed E-state index contributed by atoms with van der Waals surface area (Å²) in [4.78, 5) is 16.1. The number of nitrogens with zero attached hydrogens (tertiary/aromatic N) is 1. The largest absolute Gasteiger partial charge is 0.497 e. The van der Waals surface area contributed by atoms with E-state index in [1.165, 1.54) is 11.6 Å². The Hall–Kier alpha value is -3.36. The van der Waals surface area contributed by atoms with E-state index >= 15 is 0 Å². The summed E-state index contributed by atoms with van der Waals surface area (Å²) in [7, 11) is 1.64. The molecule has 190 valence electrons. The number of ether oxygens (including phenoxy) is 2. The number of carbonyl (C=O) groups is 1. The molecule has 8 heteroatoms. The Morgan fingerprint density at radius 3 is 2.89 bits per heavy atom. The molecule has 0 bridgehead atoms. The van der Waals surface area contributed by atoms with Crippen LogP contribution in [0.4, 0.5) is 8.78 Å². The molecule has 1 fully saturated rings. The highest BCUT2D eigenvalue weighted by Gasteiger charge is 2.31. The zero-order valence-electron chi connectivity index (χ0n) is 20.3. The van der Waals surface area contributed by atoms with Crippen molar-refractivity contribution in [3.63, 3.8) is 0 Å². The minimum Gasteiger partial charge on any atom is -0.497 e. The summed E-state index contributed by atoms with van der Waals surface area (Å²) in [5, 5.41) is 4.41. The van der Waals surface area contributed by atoms with Crippen LogP contribution in [0.2, 0.25) is 0 Å². The van der Waals surface area contributed by atoms with Gasteiger partial charge >= 0.3 is 0 Å². The monoisotopic (exact) mass is 495 g/mol. The van der Waals surface area contributed by atoms with Crippen molar-refractivity contribution in [2.45, 2.75) is 50.4 Å². The molecule has 4 rings (SSSR count). The number of aryl methyl sites for hydroxylation is 1. The van der Waals surface area contributed by atoms with Crippen molar-refractivity contribution >= 4 is 22.9 Å². The average molecular weight is 496 g/mol. The van der Waals surface area contributed by atoms with Gasteiger partial charge in [0.15, 0.2) is 0 Å². The van der Waals surface area contributed by atoms with Crippen molar-refractivity contribution < 1.29 is 23.0 Å². The molecular formula is C28H31F2N3O3. The van der Waals surface area contributed by atoms with E-state index in [0.29, 0.717) is 6.54 Å². The topological polar surface area (TPSA) is 86.5 Å². The number of amides is 1. The predicted molar refractivity (Wildman–Crippen MR) is 136 cm³/mol. The number of fused-ring (bicyclic) bond motifs is 1. The predicted octanol–water partition coefficient (Wildman–Crippen LogP) is 4.55. The first kappa shape index (κ1) is 25.7. The van der Waals surface area contributed by atoms with Crippen LogP contribution < -0.4 is 15.8 Å². The number of halogens is 2. The third-order valence-electron chi connectivity index (χ3n) is 6.55. The quantitative estimate of drug-likeness (QED) is 0.431. The van der Waals surface area contributed by atoms with Crippen LogP contribution in [0.25, 0.3) is 17.0 Å². The lowest BCUT2D eigenvalue weighted by molar-refractivity contribution is -0.126. The van der Waals surface area contributed by atoms with Crippen molar-refractivity contribution in [3.8, 4) is 5.75 Å². The fourth-order valence-corrected chi connectivity index (χ4v) is 4.69. The van der Waals surface area contributed by atoms with Gasteiger partial charge in [-0.25, -0.2) is 8.78 Å². The molecule has 1 saturated heterocycles. The molecular weight excluding hydrogens is 464 g/mol. The van der Waals surface area contributed by atoms with Crippen LogP contribution in [0.5, 0.6) is 5.75 Å². The number of nitrogens with two attached hydrogens (primary N) is 1. The van der Waals surface area contributed by atoms with Gasteiger partial charge < -0.3 is 20.5 Å². The molecule has 6 nitrogen and oxygen atoms in total. The van der Waals surface area contributed by atoms with Gasteiger partial charge in [0.2, 0.25) is 5.91 Å². The van der Waals surface area contributed by atoms with Gasteiger partial charge in [-0.3, -0.25) is 9.78 Å². The third-order valence-corrected chi connectivity index (χ3v) is 6.55. The van der Waals surface area contributed by atoms with E-state index in [4.69, 9.17) is 15.2 Å². The number of rotatable bonds is 10. The van der Waals surface area contributed by atoms with E-state index in [0.717, 1.165) is 60.5 Å². The fraction of sp³-hybridized carbons (Fsp3) is 0.357. The van der Waals surface area contributed by atoms with Gasteiger partial charge in [-0.05, 0) is 73.7 Å². The van der Waals surface area contributed by atoms with Gasteiger partial charge in [0.1, 0.15) is 17.4 Å². The summed E-state index contributed by atoms with van der Waals surface area (Å²) < 4.78 is 38.8. The molecule has 0 saturated carbocycles. The Morgan fingerprint density at radius 1 is 1.22 bits per heavy atom. The second-order valence-corrected chi connectivity index (χ2v) is 9.02. The van der Waals surface area contributed by atoms with Crippen LogP contribution in [0, 0.1) is 11.6 Å². The molecule has 0 unspecified atom stereocenters. The molecule has 1 aliphatic rings. The fourth-order valence-electron chi connectivity index (χ4n) is 4.69. The van der Waals surface area contributed by atoms with E-state index in [-0.39, 0.29) is 30.2 Å². The average Bonchev–Trinajstić information content (AvgIpc) is 2.87. The molecule has 36 heavy (non-hydrogen) atoms. The van der Waals surface area contributed by atoms with Gasteiger partial charge in [0.05, 0.1) is 31.3 Å². The molecule has 1 aromatic heterocycles. The van der Waals surface area contributed by atoms with E-state index in [9.17, 15) is 13.6 Å². The van der Waals surface area contributed by atoms with Crippen LogP contribution in [0.15, 0.2) is 54.7 Å². The number of nitrogens with one attached hydrogen (secondary N) is 1. The maximum atomic E-state index is 13.8. The normalized spacial score (nSPS) is 20.1. The Balaban J connectivity index is 1.35. The van der Waals surface area contributed by atoms with Gasteiger partial charge in [-0.15, -0.1) is 0 Å². The number of primary amides is 1. The first-order valence-electron chi connectivity index (χ1n) is 12.1. The van der Waals surface area contributed by atoms with Crippen molar-refractivity contribution in [3.05, 3.63) is 77.5 Å². The molecule has 0 aliphatic carbocycles. The summed E-state index contributed by atoms with van der Waals surface area (Å²) in [6, 6.07) is 11.1. The Kier molecular flexibility index (Phi) is 8.61. The number of hydrogen-bond acceptors (Lipinski definition) is 5. The number of methoxy groups -OCH3 is 1. The second kappa shape index (κ2) is 12.1. The van der Waals surface area contributed by atoms with Gasteiger partial charge in [-0.1, -0.05) is 12.2 Å². The molecule has 1 aliphatic heterocycles. The summed E-state index contributed by atoms with van der Waals surface area (Å²) in [5.41, 5.74) is 7.76. The highest BCUT2D eigenvalue weighted by molar-refractivity contribution is 5.83. The van der Waals surface area contributed by atoms with E-state index in [1.807, 2.05) is 30.5 Å². The van der Waals surface area contributed by atoms with E-state index in [2.05, 4.69) is 10.3 Å². The number of pyridine rings is 1. The maximum absolute atomic E-state index is 13.8. The lowest BCUT2D eigenvalue weighted by Gasteiger charge is -2.36. The summed E-state index contributed by atoms with van der Waals surface area (Å²) in [6.07, 6.45) is 8.10. The summed E-state index contributed by atoms with van der Waals surface area (Å²) in [6.45, 7) is 0.425. The van der Waals surface area contributed by atoms with Crippen molar-refractivity contribution in [2.24, 2.45) is 5.73 Å². The Labute approximate surface area is 209 Å². The maximum Gasteiger partial charge on any atom is 0.220 e. The minimum atomic E-state index is -0.490. The standard InChI is InChI=1S/C28H31F2N3O3/c1-35-22-8-10-25-23(16-22)18(12-14-33-25)4-6-21-7-11-26(27(36-21)17-28(31)34)32-13-2-3-19-15-20(29)5-9-24(19)30/h2-3,5,8-10,12,14-16,21,26-27,32H,4,6-7,11,13,17H2,1H3,(H2,31,34)/b3-2+/t21-,26-,27-/m1/s1. The van der Waals surface area contributed by atoms with Crippen molar-refractivity contribution in [1.29, 1.82) is 0 Å². The third kappa shape index (κ3) is 6.65. The lowest BCUT2D eigenvalue weighted by atomic mass is 9.92. The highest BCUT2D eigenvalue weighted by atomic mass is 19.1. The van der Waals surface area contributed by atoms with Gasteiger partial charge in [0.25, 0.3) is 0 Å². The van der Waals surface area contributed by atoms with E-state index in [1.54, 1.807) is 13.2 Å². The lowest BCUT2D eigenvalue weighted by Crippen LogP contribution is -2.48. The van der Waals surface area contributed by atoms with Crippen LogP contribution in [0.1, 0.15) is 36.8 Å². The zero-order chi connectivity index (χ0) is 25.5. The molecule has 0 radical (unpaired) electrons. The van der Waals surface area contributed by atoms with Crippen LogP contribution in [-0.2, 0) is 16.0 Å². The van der Waals surface area contributed by atoms with E-state index < -0.39 is 17.5 Å². The summed E-state index contributed by atoms with van der Waals surface area (Å²) in [5.74, 6) is -0.605. The van der Waals surface area contributed by atoms with Crippen molar-refractivity contribution in [1.82, 2.24) is 10.3 Å².